The number of nitrogens with zero attached hydrogens (tertiary/aromatic N) is 1. The summed E-state index contributed by atoms with van der Waals surface area (Å²) in [5, 5.41) is 0. The van der Waals surface area contributed by atoms with E-state index in [9.17, 15) is 9.59 Å². The maximum atomic E-state index is 13.5. The van der Waals surface area contributed by atoms with Gasteiger partial charge in [-0.05, 0) is 29.6 Å². The fraction of sp³-hybridized carbons (Fsp3) is 0.238. The first-order valence-electron chi connectivity index (χ1n) is 8.63. The third-order valence-corrected chi connectivity index (χ3v) is 7.55. The second kappa shape index (κ2) is 7.33. The van der Waals surface area contributed by atoms with Gasteiger partial charge in [-0.25, -0.2) is 0 Å². The number of likely N-dealkylation sites (N-methyl/N-ethyl adjacent to an activating group) is 1. The number of ketones is 1. The van der Waals surface area contributed by atoms with Crippen LogP contribution in [0.25, 0.3) is 11.1 Å². The molecule has 26 heavy (non-hydrogen) atoms. The molecule has 0 saturated carbocycles. The Morgan fingerprint density at radius 3 is 2.38 bits per heavy atom. The molecule has 2 aromatic rings. The number of allylic oxidation sites excluding steroid dienone is 1. The van der Waals surface area contributed by atoms with Gasteiger partial charge in [-0.1, -0.05) is 48.5 Å². The van der Waals surface area contributed by atoms with Gasteiger partial charge in [-0.15, -0.1) is 23.5 Å². The van der Waals surface area contributed by atoms with Crippen LogP contribution in [0.3, 0.4) is 0 Å². The summed E-state index contributed by atoms with van der Waals surface area (Å²) in [6.07, 6.45) is 1.13. The van der Waals surface area contributed by atoms with Gasteiger partial charge in [0.1, 0.15) is 4.58 Å². The fourth-order valence-electron chi connectivity index (χ4n) is 3.38. The van der Waals surface area contributed by atoms with Crippen LogP contribution in [0.1, 0.15) is 17.5 Å². The quantitative estimate of drug-likeness (QED) is 0.741. The minimum atomic E-state index is -0.141. The van der Waals surface area contributed by atoms with Crippen LogP contribution in [0.5, 0.6) is 0 Å². The second-order valence-corrected chi connectivity index (χ2v) is 9.01. The molecule has 0 N–H and O–H groups in total. The van der Waals surface area contributed by atoms with Gasteiger partial charge < -0.3 is 4.90 Å². The number of thioether (sulfide) groups is 2. The number of anilines is 1. The Hall–Kier alpha value is -1.98. The van der Waals surface area contributed by atoms with Crippen molar-refractivity contribution in [3.63, 3.8) is 0 Å². The number of amides is 1. The molecule has 0 atom stereocenters. The molecule has 3 nitrogen and oxygen atoms in total. The lowest BCUT2D eigenvalue weighted by molar-refractivity contribution is -0.114. The Balaban J connectivity index is 1.92. The summed E-state index contributed by atoms with van der Waals surface area (Å²) in [6.45, 7) is 0. The van der Waals surface area contributed by atoms with Gasteiger partial charge in [0.2, 0.25) is 0 Å². The molecule has 0 unspecified atom stereocenters. The van der Waals surface area contributed by atoms with Crippen LogP contribution in [0.2, 0.25) is 0 Å². The van der Waals surface area contributed by atoms with E-state index in [0.29, 0.717) is 11.1 Å². The molecule has 1 amide bonds. The molecule has 0 aromatic heterocycles. The average Bonchev–Trinajstić information content (AvgIpc) is 2.95. The van der Waals surface area contributed by atoms with Crippen molar-refractivity contribution in [2.24, 2.45) is 0 Å². The zero-order valence-corrected chi connectivity index (χ0v) is 16.1. The van der Waals surface area contributed by atoms with E-state index in [-0.39, 0.29) is 16.3 Å². The van der Waals surface area contributed by atoms with E-state index in [1.807, 2.05) is 54.6 Å². The van der Waals surface area contributed by atoms with E-state index in [4.69, 9.17) is 0 Å². The molecule has 0 spiro atoms. The molecule has 0 radical (unpaired) electrons. The number of hydrogen-bond donors (Lipinski definition) is 0. The van der Waals surface area contributed by atoms with Gasteiger partial charge in [-0.3, -0.25) is 9.59 Å². The zero-order chi connectivity index (χ0) is 18.1. The molecule has 2 aromatic carbocycles. The lowest BCUT2D eigenvalue weighted by atomic mass is 9.93. The van der Waals surface area contributed by atoms with E-state index >= 15 is 0 Å². The average molecular weight is 382 g/mol. The lowest BCUT2D eigenvalue weighted by Crippen LogP contribution is -2.24. The molecule has 132 valence electrons. The monoisotopic (exact) mass is 381 g/mol. The number of carbonyl (C=O) groups is 2. The van der Waals surface area contributed by atoms with Crippen molar-refractivity contribution in [2.75, 3.05) is 23.5 Å². The molecule has 5 heteroatoms. The maximum Gasteiger partial charge on any atom is 0.259 e. The Labute approximate surface area is 161 Å². The summed E-state index contributed by atoms with van der Waals surface area (Å²) in [5.41, 5.74) is 3.61. The number of carbonyl (C=O) groups excluding carboxylic acids is 2. The minimum Gasteiger partial charge on any atom is -0.311 e. The standard InChI is InChI=1S/C21H19NO2S2/c1-22-16-11-6-5-10-15(16)18(20(22)24)17(14-8-3-2-4-9-14)19(23)21-25-12-7-13-26-21/h2-6,8-11,21H,7,12-13H2,1H3. The van der Waals surface area contributed by atoms with Crippen LogP contribution >= 0.6 is 23.5 Å². The molecule has 0 aliphatic carbocycles. The van der Waals surface area contributed by atoms with E-state index in [2.05, 4.69) is 0 Å². The number of fused-ring (bicyclic) bond motifs is 1. The molecule has 1 fully saturated rings. The molecule has 2 aliphatic heterocycles. The van der Waals surface area contributed by atoms with Crippen molar-refractivity contribution in [3.05, 3.63) is 65.7 Å². The SMILES string of the molecule is CN1C(=O)C(=C(C(=O)C2SCCCS2)c2ccccc2)c2ccccc21. The predicted molar refractivity (Wildman–Crippen MR) is 111 cm³/mol. The largest absolute Gasteiger partial charge is 0.311 e. The smallest absolute Gasteiger partial charge is 0.259 e. The summed E-state index contributed by atoms with van der Waals surface area (Å²) in [5.74, 6) is 1.93. The first kappa shape index (κ1) is 17.4. The van der Waals surface area contributed by atoms with Gasteiger partial charge in [-0.2, -0.15) is 0 Å². The maximum absolute atomic E-state index is 13.5. The predicted octanol–water partition coefficient (Wildman–Crippen LogP) is 4.34. The van der Waals surface area contributed by atoms with Crippen molar-refractivity contribution in [2.45, 2.75) is 11.0 Å². The first-order valence-corrected chi connectivity index (χ1v) is 10.7. The van der Waals surface area contributed by atoms with Gasteiger partial charge in [0.15, 0.2) is 5.78 Å². The summed E-state index contributed by atoms with van der Waals surface area (Å²) in [6, 6.07) is 17.3. The second-order valence-electron chi connectivity index (χ2n) is 6.29. The Morgan fingerprint density at radius 1 is 1.00 bits per heavy atom. The number of para-hydroxylation sites is 1. The number of rotatable bonds is 3. The third kappa shape index (κ3) is 2.99. The Bertz CT molecular complexity index is 886. The van der Waals surface area contributed by atoms with Crippen molar-refractivity contribution in [1.82, 2.24) is 0 Å². The zero-order valence-electron chi connectivity index (χ0n) is 14.5. The van der Waals surface area contributed by atoms with Gasteiger partial charge in [0, 0.05) is 18.2 Å². The summed E-state index contributed by atoms with van der Waals surface area (Å²) in [7, 11) is 1.77. The summed E-state index contributed by atoms with van der Waals surface area (Å²) >= 11 is 3.38. The Morgan fingerprint density at radius 2 is 1.65 bits per heavy atom. The highest BCUT2D eigenvalue weighted by molar-refractivity contribution is 8.18. The highest BCUT2D eigenvalue weighted by Gasteiger charge is 2.36. The van der Waals surface area contributed by atoms with Crippen LogP contribution in [0.15, 0.2) is 54.6 Å². The van der Waals surface area contributed by atoms with Crippen molar-refractivity contribution in [3.8, 4) is 0 Å². The summed E-state index contributed by atoms with van der Waals surface area (Å²) in [4.78, 5) is 28.2. The van der Waals surface area contributed by atoms with Crippen molar-refractivity contribution < 1.29 is 9.59 Å². The normalized spacial score (nSPS) is 19.4. The van der Waals surface area contributed by atoms with Crippen molar-refractivity contribution >= 4 is 52.0 Å². The molecule has 0 bridgehead atoms. The van der Waals surface area contributed by atoms with Crippen LogP contribution in [-0.2, 0) is 9.59 Å². The minimum absolute atomic E-state index is 0.0550. The van der Waals surface area contributed by atoms with Gasteiger partial charge in [0.05, 0.1) is 11.3 Å². The molecule has 2 heterocycles. The molecular weight excluding hydrogens is 362 g/mol. The summed E-state index contributed by atoms with van der Waals surface area (Å²) < 4.78 is -0.141. The lowest BCUT2D eigenvalue weighted by Gasteiger charge is -2.22. The van der Waals surface area contributed by atoms with Crippen LogP contribution in [-0.4, -0.2) is 34.8 Å². The van der Waals surface area contributed by atoms with Gasteiger partial charge in [0.25, 0.3) is 5.91 Å². The third-order valence-electron chi connectivity index (χ3n) is 4.65. The van der Waals surface area contributed by atoms with Crippen molar-refractivity contribution in [1.29, 1.82) is 0 Å². The number of benzene rings is 2. The van der Waals surface area contributed by atoms with E-state index in [0.717, 1.165) is 34.7 Å². The van der Waals surface area contributed by atoms with Gasteiger partial charge >= 0.3 is 0 Å². The highest BCUT2D eigenvalue weighted by Crippen LogP contribution is 2.43. The number of Topliss-reactive ketones (excluding diaryl/α,β-unsaturated/α-hetero) is 1. The fourth-order valence-corrected chi connectivity index (χ4v) is 6.12. The van der Waals surface area contributed by atoms with Crippen LogP contribution in [0, 0.1) is 0 Å². The van der Waals surface area contributed by atoms with E-state index < -0.39 is 0 Å². The molecule has 4 rings (SSSR count). The van der Waals surface area contributed by atoms with Crippen LogP contribution < -0.4 is 4.90 Å². The molecule has 2 aliphatic rings. The Kier molecular flexibility index (Phi) is 4.92. The molecular formula is C21H19NO2S2. The topological polar surface area (TPSA) is 37.4 Å². The molecule has 1 saturated heterocycles. The highest BCUT2D eigenvalue weighted by atomic mass is 32.2. The van der Waals surface area contributed by atoms with Crippen LogP contribution in [0.4, 0.5) is 5.69 Å². The number of hydrogen-bond acceptors (Lipinski definition) is 4. The van der Waals surface area contributed by atoms with E-state index in [1.54, 1.807) is 35.5 Å². The first-order chi connectivity index (χ1) is 12.7. The van der Waals surface area contributed by atoms with E-state index in [1.165, 1.54) is 0 Å².